The second kappa shape index (κ2) is 6.29. The third-order valence-corrected chi connectivity index (χ3v) is 3.76. The number of halogens is 2. The number of nitrogens with one attached hydrogen (secondary N) is 2. The van der Waals surface area contributed by atoms with Gasteiger partial charge in [-0.2, -0.15) is 0 Å². The number of aryl methyl sites for hydroxylation is 1. The van der Waals surface area contributed by atoms with Gasteiger partial charge in [-0.05, 0) is 48.9 Å². The van der Waals surface area contributed by atoms with Gasteiger partial charge in [0.25, 0.3) is 5.91 Å². The molecular weight excluding hydrogens is 340 g/mol. The van der Waals surface area contributed by atoms with E-state index in [0.29, 0.717) is 16.3 Å². The van der Waals surface area contributed by atoms with Crippen LogP contribution in [0.15, 0.2) is 40.9 Å². The third-order valence-electron chi connectivity index (χ3n) is 2.94. The van der Waals surface area contributed by atoms with E-state index in [0.717, 1.165) is 15.7 Å². The highest BCUT2D eigenvalue weighted by atomic mass is 79.9. The fraction of sp³-hybridized carbons (Fsp3) is 0.133. The first-order valence-corrected chi connectivity index (χ1v) is 7.23. The van der Waals surface area contributed by atoms with Gasteiger partial charge >= 0.3 is 0 Å². The molecule has 104 valence electrons. The lowest BCUT2D eigenvalue weighted by atomic mass is 10.1. The average Bonchev–Trinajstić information content (AvgIpc) is 2.42. The van der Waals surface area contributed by atoms with Crippen LogP contribution in [0.2, 0.25) is 5.02 Å². The van der Waals surface area contributed by atoms with Crippen molar-refractivity contribution in [3.63, 3.8) is 0 Å². The summed E-state index contributed by atoms with van der Waals surface area (Å²) in [4.78, 5) is 12.3. The van der Waals surface area contributed by atoms with E-state index in [-0.39, 0.29) is 5.91 Å². The molecule has 2 rings (SSSR count). The fourth-order valence-corrected chi connectivity index (χ4v) is 2.38. The SMILES string of the molecule is CNc1ccc(C(=O)Nc2cc(Br)ccc2Cl)c(C)c1. The topological polar surface area (TPSA) is 41.1 Å². The number of carbonyl (C=O) groups excluding carboxylic acids is 1. The maximum atomic E-state index is 12.3. The Labute approximate surface area is 131 Å². The molecule has 3 nitrogen and oxygen atoms in total. The van der Waals surface area contributed by atoms with Crippen LogP contribution in [-0.4, -0.2) is 13.0 Å². The lowest BCUT2D eigenvalue weighted by Crippen LogP contribution is -2.13. The van der Waals surface area contributed by atoms with Gasteiger partial charge < -0.3 is 10.6 Å². The Morgan fingerprint density at radius 1 is 1.20 bits per heavy atom. The molecule has 0 aromatic heterocycles. The van der Waals surface area contributed by atoms with Crippen molar-refractivity contribution in [2.24, 2.45) is 0 Å². The van der Waals surface area contributed by atoms with Crippen molar-refractivity contribution in [1.29, 1.82) is 0 Å². The zero-order chi connectivity index (χ0) is 14.7. The number of benzene rings is 2. The first-order chi connectivity index (χ1) is 9.51. The molecule has 2 aromatic rings. The summed E-state index contributed by atoms with van der Waals surface area (Å²) in [5.41, 5.74) is 3.09. The molecule has 0 aliphatic carbocycles. The molecule has 0 spiro atoms. The molecule has 20 heavy (non-hydrogen) atoms. The Bertz CT molecular complexity index is 658. The molecular formula is C15H14BrClN2O. The van der Waals surface area contributed by atoms with Crippen LogP contribution in [0.3, 0.4) is 0 Å². The normalized spacial score (nSPS) is 10.2. The van der Waals surface area contributed by atoms with Gasteiger partial charge in [0, 0.05) is 22.8 Å². The minimum Gasteiger partial charge on any atom is -0.388 e. The van der Waals surface area contributed by atoms with Gasteiger partial charge in [-0.15, -0.1) is 0 Å². The predicted molar refractivity (Wildman–Crippen MR) is 87.8 cm³/mol. The van der Waals surface area contributed by atoms with Gasteiger partial charge in [0.2, 0.25) is 0 Å². The van der Waals surface area contributed by atoms with E-state index in [1.54, 1.807) is 18.2 Å². The lowest BCUT2D eigenvalue weighted by molar-refractivity contribution is 0.102. The zero-order valence-electron chi connectivity index (χ0n) is 11.1. The summed E-state index contributed by atoms with van der Waals surface area (Å²) in [6.45, 7) is 1.90. The molecule has 2 aromatic carbocycles. The van der Waals surface area contributed by atoms with Crippen LogP contribution in [0.25, 0.3) is 0 Å². The summed E-state index contributed by atoms with van der Waals surface area (Å²) >= 11 is 9.43. The van der Waals surface area contributed by atoms with E-state index < -0.39 is 0 Å². The van der Waals surface area contributed by atoms with Crippen LogP contribution >= 0.6 is 27.5 Å². The van der Waals surface area contributed by atoms with E-state index in [4.69, 9.17) is 11.6 Å². The molecule has 0 unspecified atom stereocenters. The van der Waals surface area contributed by atoms with Gasteiger partial charge in [0.15, 0.2) is 0 Å². The molecule has 0 fully saturated rings. The molecule has 5 heteroatoms. The van der Waals surface area contributed by atoms with E-state index in [1.165, 1.54) is 0 Å². The Hall–Kier alpha value is -1.52. The Morgan fingerprint density at radius 3 is 2.60 bits per heavy atom. The van der Waals surface area contributed by atoms with Crippen molar-refractivity contribution in [3.8, 4) is 0 Å². The largest absolute Gasteiger partial charge is 0.388 e. The highest BCUT2D eigenvalue weighted by molar-refractivity contribution is 9.10. The average molecular weight is 354 g/mol. The van der Waals surface area contributed by atoms with E-state index in [1.807, 2.05) is 32.2 Å². The summed E-state index contributed by atoms with van der Waals surface area (Å²) in [5, 5.41) is 6.37. The number of anilines is 2. The van der Waals surface area contributed by atoms with Crippen LogP contribution in [-0.2, 0) is 0 Å². The fourth-order valence-electron chi connectivity index (χ4n) is 1.86. The summed E-state index contributed by atoms with van der Waals surface area (Å²) in [7, 11) is 1.84. The minimum atomic E-state index is -0.176. The maximum absolute atomic E-state index is 12.3. The molecule has 1 amide bonds. The molecule has 0 bridgehead atoms. The number of rotatable bonds is 3. The number of hydrogen-bond acceptors (Lipinski definition) is 2. The second-order valence-electron chi connectivity index (χ2n) is 4.36. The number of amides is 1. The van der Waals surface area contributed by atoms with Gasteiger partial charge in [-0.25, -0.2) is 0 Å². The van der Waals surface area contributed by atoms with Gasteiger partial charge in [0.1, 0.15) is 0 Å². The maximum Gasteiger partial charge on any atom is 0.255 e. The molecule has 0 saturated carbocycles. The van der Waals surface area contributed by atoms with Gasteiger partial charge in [0.05, 0.1) is 10.7 Å². The van der Waals surface area contributed by atoms with Crippen LogP contribution in [0.5, 0.6) is 0 Å². The molecule has 2 N–H and O–H groups in total. The van der Waals surface area contributed by atoms with Gasteiger partial charge in [-0.1, -0.05) is 27.5 Å². The summed E-state index contributed by atoms with van der Waals surface area (Å²) in [6, 6.07) is 10.9. The van der Waals surface area contributed by atoms with Crippen molar-refractivity contribution in [2.45, 2.75) is 6.92 Å². The van der Waals surface area contributed by atoms with Crippen molar-refractivity contribution in [2.75, 3.05) is 17.7 Å². The van der Waals surface area contributed by atoms with E-state index >= 15 is 0 Å². The molecule has 0 atom stereocenters. The van der Waals surface area contributed by atoms with Gasteiger partial charge in [-0.3, -0.25) is 4.79 Å². The number of carbonyl (C=O) groups is 1. The minimum absolute atomic E-state index is 0.176. The first-order valence-electron chi connectivity index (χ1n) is 6.06. The van der Waals surface area contributed by atoms with Crippen molar-refractivity contribution in [3.05, 3.63) is 57.0 Å². The Kier molecular flexibility index (Phi) is 4.68. The molecule has 0 aliphatic rings. The molecule has 0 aliphatic heterocycles. The smallest absolute Gasteiger partial charge is 0.255 e. The Morgan fingerprint density at radius 2 is 1.95 bits per heavy atom. The van der Waals surface area contributed by atoms with Crippen LogP contribution in [0.1, 0.15) is 15.9 Å². The molecule has 0 saturated heterocycles. The number of hydrogen-bond donors (Lipinski definition) is 2. The second-order valence-corrected chi connectivity index (χ2v) is 5.68. The zero-order valence-corrected chi connectivity index (χ0v) is 13.5. The molecule has 0 radical (unpaired) electrons. The van der Waals surface area contributed by atoms with Crippen LogP contribution in [0.4, 0.5) is 11.4 Å². The van der Waals surface area contributed by atoms with Crippen molar-refractivity contribution < 1.29 is 4.79 Å². The van der Waals surface area contributed by atoms with Crippen LogP contribution in [0, 0.1) is 6.92 Å². The van der Waals surface area contributed by atoms with Crippen molar-refractivity contribution in [1.82, 2.24) is 0 Å². The van der Waals surface area contributed by atoms with E-state index in [2.05, 4.69) is 26.6 Å². The van der Waals surface area contributed by atoms with Crippen molar-refractivity contribution >= 4 is 44.8 Å². The first kappa shape index (κ1) is 14.9. The predicted octanol–water partition coefficient (Wildman–Crippen LogP) is 4.70. The van der Waals surface area contributed by atoms with Crippen LogP contribution < -0.4 is 10.6 Å². The Balaban J connectivity index is 2.26. The highest BCUT2D eigenvalue weighted by Gasteiger charge is 2.11. The monoisotopic (exact) mass is 352 g/mol. The summed E-state index contributed by atoms with van der Waals surface area (Å²) in [6.07, 6.45) is 0. The lowest BCUT2D eigenvalue weighted by Gasteiger charge is -2.11. The summed E-state index contributed by atoms with van der Waals surface area (Å²) in [5.74, 6) is -0.176. The standard InChI is InChI=1S/C15H14BrClN2O/c1-9-7-11(18-2)4-5-12(9)15(20)19-14-8-10(16)3-6-13(14)17/h3-8,18H,1-2H3,(H,19,20). The quantitative estimate of drug-likeness (QED) is 0.839. The third kappa shape index (κ3) is 3.32. The van der Waals surface area contributed by atoms with E-state index in [9.17, 15) is 4.79 Å². The molecule has 0 heterocycles. The summed E-state index contributed by atoms with van der Waals surface area (Å²) < 4.78 is 0.861. The highest BCUT2D eigenvalue weighted by Crippen LogP contribution is 2.26.